The van der Waals surface area contributed by atoms with Crippen LogP contribution in [0.3, 0.4) is 0 Å². The Morgan fingerprint density at radius 2 is 1.91 bits per heavy atom. The number of halogens is 1. The lowest BCUT2D eigenvalue weighted by atomic mass is 9.98. The maximum Gasteiger partial charge on any atom is 0.225 e. The Kier molecular flexibility index (Phi) is 3.75. The minimum atomic E-state index is -0.495. The molecule has 1 fully saturated rings. The van der Waals surface area contributed by atoms with Gasteiger partial charge in [-0.3, -0.25) is 9.48 Å². The molecular formula is C15H19FN6O. The minimum Gasteiger partial charge on any atom is -0.349 e. The molecule has 0 unspecified atom stereocenters. The molecule has 122 valence electrons. The second kappa shape index (κ2) is 5.60. The standard InChI is InChI=1S/C15H19FN6O/c1-8-13(9(2)22(4)20-8)14-11(5-12(23)21(14)3)19-15-17-6-10(16)7-18-15/h6-7,11,14H,5H2,1-4H3,(H,17,18,19)/t11-,14-/m1/s1. The molecule has 2 aromatic heterocycles. The second-order valence-electron chi connectivity index (χ2n) is 5.84. The van der Waals surface area contributed by atoms with Gasteiger partial charge in [-0.25, -0.2) is 14.4 Å². The first-order valence-corrected chi connectivity index (χ1v) is 7.38. The molecular weight excluding hydrogens is 299 g/mol. The van der Waals surface area contributed by atoms with Gasteiger partial charge in [-0.1, -0.05) is 0 Å². The quantitative estimate of drug-likeness (QED) is 0.924. The van der Waals surface area contributed by atoms with Crippen LogP contribution in [0.5, 0.6) is 0 Å². The minimum absolute atomic E-state index is 0.0391. The summed E-state index contributed by atoms with van der Waals surface area (Å²) in [4.78, 5) is 21.8. The van der Waals surface area contributed by atoms with Gasteiger partial charge in [0.25, 0.3) is 0 Å². The highest BCUT2D eigenvalue weighted by atomic mass is 19.1. The van der Waals surface area contributed by atoms with Crippen LogP contribution in [0, 0.1) is 19.7 Å². The van der Waals surface area contributed by atoms with Crippen LogP contribution in [0.4, 0.5) is 10.3 Å². The van der Waals surface area contributed by atoms with Gasteiger partial charge in [0.1, 0.15) is 0 Å². The summed E-state index contributed by atoms with van der Waals surface area (Å²) in [6, 6.07) is -0.357. The molecule has 1 N–H and O–H groups in total. The molecule has 1 amide bonds. The first-order chi connectivity index (χ1) is 10.9. The van der Waals surface area contributed by atoms with Crippen LogP contribution in [-0.4, -0.2) is 43.6 Å². The van der Waals surface area contributed by atoms with Crippen LogP contribution < -0.4 is 5.32 Å². The highest BCUT2D eigenvalue weighted by Crippen LogP contribution is 2.36. The van der Waals surface area contributed by atoms with Gasteiger partial charge in [0.05, 0.1) is 30.2 Å². The summed E-state index contributed by atoms with van der Waals surface area (Å²) in [5, 5.41) is 7.59. The van der Waals surface area contributed by atoms with Gasteiger partial charge >= 0.3 is 0 Å². The maximum atomic E-state index is 12.9. The van der Waals surface area contributed by atoms with Crippen molar-refractivity contribution in [3.8, 4) is 0 Å². The van der Waals surface area contributed by atoms with E-state index in [1.807, 2.05) is 25.6 Å². The lowest BCUT2D eigenvalue weighted by Crippen LogP contribution is -2.31. The Bertz CT molecular complexity index is 741. The Balaban J connectivity index is 1.95. The number of hydrogen-bond donors (Lipinski definition) is 1. The number of aromatic nitrogens is 4. The third kappa shape index (κ3) is 2.64. The molecule has 2 atom stereocenters. The normalized spacial score (nSPS) is 21.1. The molecule has 1 aliphatic rings. The molecule has 2 aromatic rings. The second-order valence-corrected chi connectivity index (χ2v) is 5.84. The van der Waals surface area contributed by atoms with Gasteiger partial charge in [-0.2, -0.15) is 5.10 Å². The van der Waals surface area contributed by atoms with Gasteiger partial charge < -0.3 is 10.2 Å². The fourth-order valence-electron chi connectivity index (χ4n) is 3.16. The molecule has 3 rings (SSSR count). The van der Waals surface area contributed by atoms with Crippen molar-refractivity contribution in [2.45, 2.75) is 32.4 Å². The van der Waals surface area contributed by atoms with Crippen molar-refractivity contribution in [2.75, 3.05) is 12.4 Å². The fourth-order valence-corrected chi connectivity index (χ4v) is 3.16. The number of likely N-dealkylation sites (N-methyl/N-ethyl adjacent to an activating group) is 1. The van der Waals surface area contributed by atoms with E-state index >= 15 is 0 Å². The van der Waals surface area contributed by atoms with Crippen molar-refractivity contribution in [1.82, 2.24) is 24.6 Å². The third-order valence-corrected chi connectivity index (χ3v) is 4.38. The van der Waals surface area contributed by atoms with Gasteiger partial charge in [-0.15, -0.1) is 0 Å². The summed E-state index contributed by atoms with van der Waals surface area (Å²) in [5.41, 5.74) is 2.93. The molecule has 0 spiro atoms. The molecule has 0 bridgehead atoms. The first kappa shape index (κ1) is 15.4. The number of rotatable bonds is 3. The molecule has 0 saturated carbocycles. The average Bonchev–Trinajstić information content (AvgIpc) is 2.90. The van der Waals surface area contributed by atoms with Crippen molar-refractivity contribution < 1.29 is 9.18 Å². The van der Waals surface area contributed by atoms with E-state index in [9.17, 15) is 9.18 Å². The zero-order chi connectivity index (χ0) is 16.7. The molecule has 1 aliphatic heterocycles. The van der Waals surface area contributed by atoms with E-state index in [2.05, 4.69) is 20.4 Å². The molecule has 8 heteroatoms. The van der Waals surface area contributed by atoms with E-state index in [4.69, 9.17) is 0 Å². The predicted molar refractivity (Wildman–Crippen MR) is 82.2 cm³/mol. The maximum absolute atomic E-state index is 12.9. The van der Waals surface area contributed by atoms with Crippen LogP contribution in [-0.2, 0) is 11.8 Å². The topological polar surface area (TPSA) is 75.9 Å². The van der Waals surface area contributed by atoms with E-state index in [1.165, 1.54) is 0 Å². The van der Waals surface area contributed by atoms with Gasteiger partial charge in [0, 0.05) is 31.8 Å². The van der Waals surface area contributed by atoms with E-state index in [-0.39, 0.29) is 18.0 Å². The summed E-state index contributed by atoms with van der Waals surface area (Å²) in [5.74, 6) is -0.147. The van der Waals surface area contributed by atoms with Gasteiger partial charge in [0.2, 0.25) is 11.9 Å². The lowest BCUT2D eigenvalue weighted by molar-refractivity contribution is -0.127. The summed E-state index contributed by atoms with van der Waals surface area (Å²) < 4.78 is 14.8. The number of anilines is 1. The van der Waals surface area contributed by atoms with Crippen molar-refractivity contribution in [3.63, 3.8) is 0 Å². The third-order valence-electron chi connectivity index (χ3n) is 4.38. The SMILES string of the molecule is Cc1nn(C)c(C)c1[C@H]1[C@H](Nc2ncc(F)cn2)CC(=O)N1C. The van der Waals surface area contributed by atoms with Crippen molar-refractivity contribution in [1.29, 1.82) is 0 Å². The Morgan fingerprint density at radius 3 is 2.48 bits per heavy atom. The first-order valence-electron chi connectivity index (χ1n) is 7.38. The summed E-state index contributed by atoms with van der Waals surface area (Å²) in [6.45, 7) is 3.92. The number of carbonyl (C=O) groups is 1. The van der Waals surface area contributed by atoms with Crippen molar-refractivity contribution >= 4 is 11.9 Å². The Labute approximate surface area is 133 Å². The fraction of sp³-hybridized carbons (Fsp3) is 0.467. The zero-order valence-electron chi connectivity index (χ0n) is 13.5. The van der Waals surface area contributed by atoms with Crippen LogP contribution in [0.2, 0.25) is 0 Å². The number of likely N-dealkylation sites (tertiary alicyclic amines) is 1. The van der Waals surface area contributed by atoms with E-state index in [0.717, 1.165) is 29.3 Å². The predicted octanol–water partition coefficient (Wildman–Crippen LogP) is 1.35. The Hall–Kier alpha value is -2.51. The van der Waals surface area contributed by atoms with Crippen LogP contribution >= 0.6 is 0 Å². The zero-order valence-corrected chi connectivity index (χ0v) is 13.5. The molecule has 7 nitrogen and oxygen atoms in total. The van der Waals surface area contributed by atoms with Crippen LogP contribution in [0.15, 0.2) is 12.4 Å². The van der Waals surface area contributed by atoms with E-state index < -0.39 is 5.82 Å². The number of hydrogen-bond acceptors (Lipinski definition) is 5. The molecule has 1 saturated heterocycles. The number of nitrogens with one attached hydrogen (secondary N) is 1. The van der Waals surface area contributed by atoms with Crippen LogP contribution in [0.25, 0.3) is 0 Å². The number of carbonyl (C=O) groups excluding carboxylic acids is 1. The van der Waals surface area contributed by atoms with Crippen LogP contribution in [0.1, 0.15) is 29.4 Å². The van der Waals surface area contributed by atoms with Gasteiger partial charge in [-0.05, 0) is 13.8 Å². The molecule has 23 heavy (non-hydrogen) atoms. The molecule has 0 radical (unpaired) electrons. The lowest BCUT2D eigenvalue weighted by Gasteiger charge is -2.26. The Morgan fingerprint density at radius 1 is 1.26 bits per heavy atom. The van der Waals surface area contributed by atoms with Crippen molar-refractivity contribution in [2.24, 2.45) is 7.05 Å². The highest BCUT2D eigenvalue weighted by Gasteiger charge is 2.41. The number of amides is 1. The largest absolute Gasteiger partial charge is 0.349 e. The highest BCUT2D eigenvalue weighted by molar-refractivity contribution is 5.81. The van der Waals surface area contributed by atoms with E-state index in [1.54, 1.807) is 11.9 Å². The van der Waals surface area contributed by atoms with Crippen molar-refractivity contribution in [3.05, 3.63) is 35.2 Å². The van der Waals surface area contributed by atoms with E-state index in [0.29, 0.717) is 12.4 Å². The average molecular weight is 318 g/mol. The number of nitrogens with zero attached hydrogens (tertiary/aromatic N) is 5. The summed E-state index contributed by atoms with van der Waals surface area (Å²) in [6.07, 6.45) is 2.53. The summed E-state index contributed by atoms with van der Waals surface area (Å²) in [7, 11) is 3.67. The molecule has 0 aliphatic carbocycles. The molecule has 3 heterocycles. The monoisotopic (exact) mass is 318 g/mol. The smallest absolute Gasteiger partial charge is 0.225 e. The van der Waals surface area contributed by atoms with Gasteiger partial charge in [0.15, 0.2) is 5.82 Å². The number of aryl methyl sites for hydroxylation is 2. The molecule has 0 aromatic carbocycles. The summed E-state index contributed by atoms with van der Waals surface area (Å²) >= 11 is 0.